The number of rotatable bonds is 13. The SMILES string of the molecule is CCCCOC(=O)N1C(CCc2ccc3c(c2)OCO3)CCC1C(=O)c1ccc(OCc2ccccc2)c(NC=O)c1. The average molecular weight is 573 g/mol. The van der Waals surface area contributed by atoms with Gasteiger partial charge in [-0.25, -0.2) is 4.79 Å². The van der Waals surface area contributed by atoms with Crippen LogP contribution in [-0.2, 0) is 22.6 Å². The molecule has 2 aliphatic rings. The third-order valence-electron chi connectivity index (χ3n) is 7.66. The Balaban J connectivity index is 1.31. The van der Waals surface area contributed by atoms with Crippen molar-refractivity contribution in [3.63, 3.8) is 0 Å². The number of anilines is 1. The fourth-order valence-electron chi connectivity index (χ4n) is 5.42. The van der Waals surface area contributed by atoms with Gasteiger partial charge in [-0.2, -0.15) is 0 Å². The second kappa shape index (κ2) is 13.9. The van der Waals surface area contributed by atoms with Crippen molar-refractivity contribution in [3.05, 3.63) is 83.4 Å². The lowest BCUT2D eigenvalue weighted by molar-refractivity contribution is -0.105. The van der Waals surface area contributed by atoms with Crippen molar-refractivity contribution in [2.45, 2.75) is 64.1 Å². The molecule has 9 heteroatoms. The Kier molecular flexibility index (Phi) is 9.59. The molecule has 0 saturated carbocycles. The summed E-state index contributed by atoms with van der Waals surface area (Å²) >= 11 is 0. The molecule has 3 aromatic rings. The van der Waals surface area contributed by atoms with Gasteiger partial charge in [0, 0.05) is 11.6 Å². The fraction of sp³-hybridized carbons (Fsp3) is 0.364. The van der Waals surface area contributed by atoms with Crippen LogP contribution in [0.25, 0.3) is 0 Å². The van der Waals surface area contributed by atoms with Gasteiger partial charge in [0.25, 0.3) is 0 Å². The normalized spacial score (nSPS) is 17.1. The van der Waals surface area contributed by atoms with E-state index in [-0.39, 0.29) is 18.6 Å². The number of aryl methyl sites for hydroxylation is 1. The quantitative estimate of drug-likeness (QED) is 0.149. The van der Waals surface area contributed by atoms with E-state index in [0.29, 0.717) is 62.3 Å². The topological polar surface area (TPSA) is 103 Å². The van der Waals surface area contributed by atoms with Crippen LogP contribution in [0.3, 0.4) is 0 Å². The van der Waals surface area contributed by atoms with Gasteiger partial charge in [0.15, 0.2) is 17.3 Å². The summed E-state index contributed by atoms with van der Waals surface area (Å²) in [6.07, 6.45) is 4.33. The maximum absolute atomic E-state index is 13.8. The van der Waals surface area contributed by atoms with Gasteiger partial charge < -0.3 is 24.3 Å². The average Bonchev–Trinajstić information content (AvgIpc) is 3.67. The van der Waals surface area contributed by atoms with Crippen molar-refractivity contribution < 1.29 is 33.3 Å². The highest BCUT2D eigenvalue weighted by Crippen LogP contribution is 2.35. The maximum Gasteiger partial charge on any atom is 0.410 e. The summed E-state index contributed by atoms with van der Waals surface area (Å²) < 4.78 is 22.5. The van der Waals surface area contributed by atoms with E-state index >= 15 is 0 Å². The maximum atomic E-state index is 13.8. The highest BCUT2D eigenvalue weighted by atomic mass is 16.7. The number of ether oxygens (including phenoxy) is 4. The molecule has 3 aromatic carbocycles. The monoisotopic (exact) mass is 572 g/mol. The van der Waals surface area contributed by atoms with Crippen LogP contribution in [0.1, 0.15) is 60.5 Å². The zero-order valence-electron chi connectivity index (χ0n) is 23.8. The number of benzene rings is 3. The summed E-state index contributed by atoms with van der Waals surface area (Å²) in [4.78, 5) is 40.2. The molecule has 2 atom stereocenters. The van der Waals surface area contributed by atoms with Crippen LogP contribution in [0.2, 0.25) is 0 Å². The van der Waals surface area contributed by atoms with E-state index in [1.807, 2.05) is 55.5 Å². The molecule has 1 N–H and O–H groups in total. The minimum atomic E-state index is -0.666. The lowest BCUT2D eigenvalue weighted by atomic mass is 10.0. The first-order chi connectivity index (χ1) is 20.6. The van der Waals surface area contributed by atoms with E-state index in [9.17, 15) is 14.4 Å². The van der Waals surface area contributed by atoms with Crippen LogP contribution in [0.5, 0.6) is 17.2 Å². The number of amides is 2. The molecular formula is C33H36N2O7. The van der Waals surface area contributed by atoms with Crippen LogP contribution in [0.15, 0.2) is 66.7 Å². The lowest BCUT2D eigenvalue weighted by Crippen LogP contribution is -2.45. The zero-order chi connectivity index (χ0) is 29.3. The van der Waals surface area contributed by atoms with Crippen molar-refractivity contribution >= 4 is 24.0 Å². The van der Waals surface area contributed by atoms with Gasteiger partial charge in [0.05, 0.1) is 18.3 Å². The number of likely N-dealkylation sites (tertiary alicyclic amines) is 1. The van der Waals surface area contributed by atoms with Gasteiger partial charge in [-0.3, -0.25) is 14.5 Å². The molecule has 2 amide bonds. The van der Waals surface area contributed by atoms with Gasteiger partial charge in [-0.15, -0.1) is 0 Å². The summed E-state index contributed by atoms with van der Waals surface area (Å²) in [5, 5.41) is 2.65. The molecule has 42 heavy (non-hydrogen) atoms. The highest BCUT2D eigenvalue weighted by Gasteiger charge is 2.42. The zero-order valence-corrected chi connectivity index (χ0v) is 23.8. The molecule has 220 valence electrons. The molecule has 0 aliphatic carbocycles. The van der Waals surface area contributed by atoms with E-state index in [2.05, 4.69) is 5.32 Å². The molecule has 2 unspecified atom stereocenters. The molecule has 0 radical (unpaired) electrons. The molecule has 0 bridgehead atoms. The van der Waals surface area contributed by atoms with Crippen molar-refractivity contribution in [1.29, 1.82) is 0 Å². The smallest absolute Gasteiger partial charge is 0.410 e. The number of carbonyl (C=O) groups excluding carboxylic acids is 3. The Morgan fingerprint density at radius 1 is 1.00 bits per heavy atom. The van der Waals surface area contributed by atoms with Gasteiger partial charge in [0.1, 0.15) is 12.4 Å². The number of unbranched alkanes of at least 4 members (excludes halogenated alkanes) is 1. The number of hydrogen-bond acceptors (Lipinski definition) is 7. The van der Waals surface area contributed by atoms with Crippen LogP contribution in [0.4, 0.5) is 10.5 Å². The predicted octanol–water partition coefficient (Wildman–Crippen LogP) is 6.15. The van der Waals surface area contributed by atoms with Crippen molar-refractivity contribution in [2.75, 3.05) is 18.7 Å². The Hall–Kier alpha value is -4.53. The number of nitrogens with one attached hydrogen (secondary N) is 1. The standard InChI is InChI=1S/C33H36N2O7/c1-2-3-17-39-33(38)35-26(12-9-23-10-15-30-31(18-23)42-22-41-30)13-14-28(35)32(37)25-11-16-29(27(19-25)34-21-36)40-20-24-7-5-4-6-8-24/h4-8,10-11,15-16,18-19,21,26,28H,2-3,9,12-14,17,20,22H2,1H3,(H,34,36). The van der Waals surface area contributed by atoms with Gasteiger partial charge >= 0.3 is 6.09 Å². The molecule has 1 fully saturated rings. The van der Waals surface area contributed by atoms with Gasteiger partial charge in [0.2, 0.25) is 13.2 Å². The molecule has 0 aromatic heterocycles. The Bertz CT molecular complexity index is 1390. The van der Waals surface area contributed by atoms with E-state index in [4.69, 9.17) is 18.9 Å². The predicted molar refractivity (Wildman–Crippen MR) is 157 cm³/mol. The van der Waals surface area contributed by atoms with Gasteiger partial charge in [-0.05, 0) is 73.6 Å². The Morgan fingerprint density at radius 3 is 2.64 bits per heavy atom. The molecule has 2 heterocycles. The second-order valence-corrected chi connectivity index (χ2v) is 10.5. The van der Waals surface area contributed by atoms with E-state index in [0.717, 1.165) is 35.5 Å². The van der Waals surface area contributed by atoms with Crippen LogP contribution >= 0.6 is 0 Å². The lowest BCUT2D eigenvalue weighted by Gasteiger charge is -2.29. The minimum Gasteiger partial charge on any atom is -0.487 e. The first-order valence-corrected chi connectivity index (χ1v) is 14.5. The molecule has 2 aliphatic heterocycles. The number of nitrogens with zero attached hydrogens (tertiary/aromatic N) is 1. The third-order valence-corrected chi connectivity index (χ3v) is 7.66. The Morgan fingerprint density at radius 2 is 1.83 bits per heavy atom. The van der Waals surface area contributed by atoms with Gasteiger partial charge in [-0.1, -0.05) is 49.7 Å². The largest absolute Gasteiger partial charge is 0.487 e. The number of hydrogen-bond donors (Lipinski definition) is 1. The number of fused-ring (bicyclic) bond motifs is 1. The second-order valence-electron chi connectivity index (χ2n) is 10.5. The first-order valence-electron chi connectivity index (χ1n) is 14.5. The van der Waals surface area contributed by atoms with Crippen LogP contribution in [-0.4, -0.2) is 48.7 Å². The molecular weight excluding hydrogens is 536 g/mol. The summed E-state index contributed by atoms with van der Waals surface area (Å²) in [6.45, 7) is 2.87. The molecule has 0 spiro atoms. The highest BCUT2D eigenvalue weighted by molar-refractivity contribution is 6.03. The van der Waals surface area contributed by atoms with E-state index < -0.39 is 12.1 Å². The number of Topliss-reactive ketones (excluding diaryl/α,β-unsaturated/α-hetero) is 1. The fourth-order valence-corrected chi connectivity index (χ4v) is 5.42. The third kappa shape index (κ3) is 6.84. The van der Waals surface area contributed by atoms with E-state index in [1.165, 1.54) is 0 Å². The van der Waals surface area contributed by atoms with Crippen molar-refractivity contribution in [2.24, 2.45) is 0 Å². The number of carbonyl (C=O) groups is 3. The molecule has 5 rings (SSSR count). The number of ketones is 1. The molecule has 1 saturated heterocycles. The Labute approximate surface area is 245 Å². The minimum absolute atomic E-state index is 0.153. The van der Waals surface area contributed by atoms with Crippen molar-refractivity contribution in [3.8, 4) is 17.2 Å². The summed E-state index contributed by atoms with van der Waals surface area (Å²) in [7, 11) is 0. The first kappa shape index (κ1) is 29.0. The molecule has 9 nitrogen and oxygen atoms in total. The van der Waals surface area contributed by atoms with E-state index in [1.54, 1.807) is 23.1 Å². The summed E-state index contributed by atoms with van der Waals surface area (Å²) in [5.74, 6) is 1.70. The van der Waals surface area contributed by atoms with Crippen molar-refractivity contribution in [1.82, 2.24) is 4.90 Å². The van der Waals surface area contributed by atoms with Crippen LogP contribution < -0.4 is 19.5 Å². The summed E-state index contributed by atoms with van der Waals surface area (Å²) in [6, 6.07) is 19.7. The summed E-state index contributed by atoms with van der Waals surface area (Å²) in [5.41, 5.74) is 2.83. The van der Waals surface area contributed by atoms with Crippen LogP contribution in [0, 0.1) is 0 Å².